The first-order valence-corrected chi connectivity index (χ1v) is 7.82. The molecule has 0 radical (unpaired) electrons. The number of hydrogen-bond acceptors (Lipinski definition) is 2. The molecule has 0 fully saturated rings. The Balaban J connectivity index is 2.42. The Bertz CT molecular complexity index is 246. The second-order valence-electron chi connectivity index (χ2n) is 4.05. The number of rotatable bonds is 3. The molecule has 0 amide bonds. The molecule has 12 heavy (non-hydrogen) atoms. The van der Waals surface area contributed by atoms with Gasteiger partial charge in [0.05, 0.1) is 20.6 Å². The SMILES string of the molecule is C[Si](C)(C)C/N=C/c1ccco1. The van der Waals surface area contributed by atoms with Crippen LogP contribution in [0.2, 0.25) is 19.6 Å². The third kappa shape index (κ3) is 3.53. The molecule has 3 heteroatoms. The Morgan fingerprint density at radius 2 is 2.25 bits per heavy atom. The van der Waals surface area contributed by atoms with Crippen LogP contribution in [0.1, 0.15) is 5.76 Å². The lowest BCUT2D eigenvalue weighted by molar-refractivity contribution is 0.560. The van der Waals surface area contributed by atoms with E-state index in [0.29, 0.717) is 0 Å². The van der Waals surface area contributed by atoms with Crippen molar-refractivity contribution in [3.05, 3.63) is 24.2 Å². The van der Waals surface area contributed by atoms with E-state index in [0.717, 1.165) is 11.9 Å². The van der Waals surface area contributed by atoms with E-state index in [4.69, 9.17) is 4.42 Å². The molecular weight excluding hydrogens is 166 g/mol. The minimum absolute atomic E-state index is 0.841. The summed E-state index contributed by atoms with van der Waals surface area (Å²) in [4.78, 5) is 4.33. The van der Waals surface area contributed by atoms with E-state index >= 15 is 0 Å². The Morgan fingerprint density at radius 3 is 2.75 bits per heavy atom. The maximum Gasteiger partial charge on any atom is 0.144 e. The summed E-state index contributed by atoms with van der Waals surface area (Å²) in [6, 6.07) is 3.78. The van der Waals surface area contributed by atoms with E-state index in [9.17, 15) is 0 Å². The summed E-state index contributed by atoms with van der Waals surface area (Å²) >= 11 is 0. The van der Waals surface area contributed by atoms with Gasteiger partial charge in [0.1, 0.15) is 5.76 Å². The van der Waals surface area contributed by atoms with Crippen LogP contribution in [0.4, 0.5) is 0 Å². The van der Waals surface area contributed by atoms with Crippen molar-refractivity contribution in [2.75, 3.05) is 6.17 Å². The van der Waals surface area contributed by atoms with Gasteiger partial charge in [-0.25, -0.2) is 0 Å². The lowest BCUT2D eigenvalue weighted by Gasteiger charge is -2.10. The molecule has 0 bridgehead atoms. The number of hydrogen-bond donors (Lipinski definition) is 0. The third-order valence-corrected chi connectivity index (χ3v) is 2.46. The number of nitrogens with zero attached hydrogens (tertiary/aromatic N) is 1. The van der Waals surface area contributed by atoms with Crippen molar-refractivity contribution < 1.29 is 4.42 Å². The second kappa shape index (κ2) is 3.71. The average molecular weight is 181 g/mol. The number of furan rings is 1. The normalized spacial score (nSPS) is 12.6. The van der Waals surface area contributed by atoms with Crippen LogP contribution >= 0.6 is 0 Å². The molecule has 0 saturated carbocycles. The van der Waals surface area contributed by atoms with Crippen LogP contribution in [0.5, 0.6) is 0 Å². The molecular formula is C9H15NOSi. The van der Waals surface area contributed by atoms with Crippen LogP contribution in [0, 0.1) is 0 Å². The molecule has 0 aliphatic rings. The first kappa shape index (κ1) is 9.26. The van der Waals surface area contributed by atoms with E-state index in [-0.39, 0.29) is 0 Å². The monoisotopic (exact) mass is 181 g/mol. The predicted octanol–water partition coefficient (Wildman–Crippen LogP) is 2.58. The minimum Gasteiger partial charge on any atom is -0.463 e. The van der Waals surface area contributed by atoms with Crippen LogP contribution in [0.25, 0.3) is 0 Å². The fourth-order valence-corrected chi connectivity index (χ4v) is 1.41. The Morgan fingerprint density at radius 1 is 1.50 bits per heavy atom. The highest BCUT2D eigenvalue weighted by atomic mass is 28.3. The van der Waals surface area contributed by atoms with Gasteiger partial charge in [-0.2, -0.15) is 0 Å². The van der Waals surface area contributed by atoms with Crippen LogP contribution in [-0.4, -0.2) is 20.5 Å². The molecule has 0 saturated heterocycles. The smallest absolute Gasteiger partial charge is 0.144 e. The highest BCUT2D eigenvalue weighted by Crippen LogP contribution is 2.01. The fraction of sp³-hybridized carbons (Fsp3) is 0.444. The molecule has 0 spiro atoms. The van der Waals surface area contributed by atoms with Crippen LogP contribution in [0.3, 0.4) is 0 Å². The third-order valence-electron chi connectivity index (χ3n) is 1.33. The Labute approximate surface area is 74.3 Å². The molecule has 0 atom stereocenters. The van der Waals surface area contributed by atoms with E-state index in [1.165, 1.54) is 0 Å². The number of aliphatic imine (C=N–C) groups is 1. The van der Waals surface area contributed by atoms with E-state index < -0.39 is 8.07 Å². The van der Waals surface area contributed by atoms with Gasteiger partial charge in [0.2, 0.25) is 0 Å². The van der Waals surface area contributed by atoms with Gasteiger partial charge < -0.3 is 4.42 Å². The van der Waals surface area contributed by atoms with Crippen molar-refractivity contribution in [3.8, 4) is 0 Å². The Hall–Kier alpha value is -0.833. The summed E-state index contributed by atoms with van der Waals surface area (Å²) < 4.78 is 5.11. The molecule has 0 aliphatic heterocycles. The molecule has 1 aromatic rings. The molecule has 2 nitrogen and oxygen atoms in total. The maximum absolute atomic E-state index is 5.11. The van der Waals surface area contributed by atoms with Gasteiger partial charge in [0.15, 0.2) is 0 Å². The summed E-state index contributed by atoms with van der Waals surface area (Å²) in [6.45, 7) is 6.89. The molecule has 0 N–H and O–H groups in total. The van der Waals surface area contributed by atoms with Crippen molar-refractivity contribution in [1.82, 2.24) is 0 Å². The summed E-state index contributed by atoms with van der Waals surface area (Å²) in [7, 11) is -1.03. The standard InChI is InChI=1S/C9H15NOSi/c1-12(2,3)8-10-7-9-5-4-6-11-9/h4-7H,8H2,1-3H3/b10-7+. The van der Waals surface area contributed by atoms with Crippen molar-refractivity contribution in [2.24, 2.45) is 4.99 Å². The highest BCUT2D eigenvalue weighted by Gasteiger charge is 2.10. The van der Waals surface area contributed by atoms with E-state index in [2.05, 4.69) is 24.6 Å². The van der Waals surface area contributed by atoms with Gasteiger partial charge in [-0.05, 0) is 12.1 Å². The molecule has 0 aromatic carbocycles. The maximum atomic E-state index is 5.11. The predicted molar refractivity (Wildman–Crippen MR) is 54.5 cm³/mol. The molecule has 0 aliphatic carbocycles. The summed E-state index contributed by atoms with van der Waals surface area (Å²) in [5.74, 6) is 0.841. The lowest BCUT2D eigenvalue weighted by atomic mass is 10.5. The van der Waals surface area contributed by atoms with E-state index in [1.807, 2.05) is 12.1 Å². The Kier molecular flexibility index (Phi) is 2.86. The molecule has 1 rings (SSSR count). The zero-order valence-corrected chi connectivity index (χ0v) is 8.87. The molecule has 66 valence electrons. The van der Waals surface area contributed by atoms with Crippen molar-refractivity contribution in [3.63, 3.8) is 0 Å². The summed E-state index contributed by atoms with van der Waals surface area (Å²) in [6.07, 6.45) is 4.43. The largest absolute Gasteiger partial charge is 0.463 e. The van der Waals surface area contributed by atoms with Crippen molar-refractivity contribution >= 4 is 14.3 Å². The average Bonchev–Trinajstić information content (AvgIpc) is 2.36. The lowest BCUT2D eigenvalue weighted by Crippen LogP contribution is -2.24. The zero-order chi connectivity index (χ0) is 9.03. The van der Waals surface area contributed by atoms with Crippen molar-refractivity contribution in [1.29, 1.82) is 0 Å². The van der Waals surface area contributed by atoms with Gasteiger partial charge in [-0.3, -0.25) is 4.99 Å². The zero-order valence-electron chi connectivity index (χ0n) is 7.87. The van der Waals surface area contributed by atoms with Gasteiger partial charge in [0.25, 0.3) is 0 Å². The van der Waals surface area contributed by atoms with Crippen molar-refractivity contribution in [2.45, 2.75) is 19.6 Å². The molecule has 1 aromatic heterocycles. The van der Waals surface area contributed by atoms with Gasteiger partial charge in [0, 0.05) is 6.17 Å². The fourth-order valence-electron chi connectivity index (χ4n) is 0.774. The minimum atomic E-state index is -1.03. The van der Waals surface area contributed by atoms with Gasteiger partial charge >= 0.3 is 0 Å². The topological polar surface area (TPSA) is 25.5 Å². The van der Waals surface area contributed by atoms with Gasteiger partial charge in [-0.15, -0.1) is 0 Å². The quantitative estimate of drug-likeness (QED) is 0.520. The van der Waals surface area contributed by atoms with Crippen LogP contribution < -0.4 is 0 Å². The summed E-state index contributed by atoms with van der Waals surface area (Å²) in [5, 5.41) is 0. The first-order chi connectivity index (χ1) is 5.58. The van der Waals surface area contributed by atoms with Gasteiger partial charge in [-0.1, -0.05) is 19.6 Å². The van der Waals surface area contributed by atoms with Crippen LogP contribution in [-0.2, 0) is 0 Å². The first-order valence-electron chi connectivity index (χ1n) is 4.11. The molecule has 1 heterocycles. The van der Waals surface area contributed by atoms with E-state index in [1.54, 1.807) is 12.5 Å². The second-order valence-corrected chi connectivity index (χ2v) is 9.48. The van der Waals surface area contributed by atoms with Crippen LogP contribution in [0.15, 0.2) is 27.8 Å². The molecule has 0 unspecified atom stereocenters. The highest BCUT2D eigenvalue weighted by molar-refractivity contribution is 6.76. The summed E-state index contributed by atoms with van der Waals surface area (Å²) in [5.41, 5.74) is 0.